The number of hydrogen-bond acceptors (Lipinski definition) is 2. The van der Waals surface area contributed by atoms with Crippen LogP contribution in [0, 0.1) is 0 Å². The topological polar surface area (TPSA) is 67.8 Å². The fourth-order valence-corrected chi connectivity index (χ4v) is 1.63. The maximum atomic E-state index is 9.97. The fraction of sp³-hybridized carbons (Fsp3) is 0.167. The van der Waals surface area contributed by atoms with Gasteiger partial charge in [-0.25, -0.2) is 0 Å². The molecule has 0 aromatic heterocycles. The van der Waals surface area contributed by atoms with Gasteiger partial charge in [0.05, 0.1) is 5.97 Å². The van der Waals surface area contributed by atoms with E-state index in [0.29, 0.717) is 5.92 Å². The molecule has 0 spiro atoms. The molecule has 0 saturated heterocycles. The Kier molecular flexibility index (Phi) is 6.92. The Morgan fingerprint density at radius 3 is 2.10 bits per heavy atom. The second-order valence-corrected chi connectivity index (χ2v) is 4.96. The van der Waals surface area contributed by atoms with Crippen LogP contribution >= 0.6 is 0 Å². The van der Waals surface area contributed by atoms with E-state index < -0.39 is 5.97 Å². The first-order valence-corrected chi connectivity index (χ1v) is 6.85. The number of quaternary nitrogens is 1. The Labute approximate surface area is 125 Å². The number of carbonyl (C=O) groups excluding carboxylic acids is 1. The van der Waals surface area contributed by atoms with Gasteiger partial charge in [-0.15, -0.1) is 0 Å². The Bertz CT molecular complexity index is 572. The molecule has 0 unspecified atom stereocenters. The van der Waals surface area contributed by atoms with Crippen LogP contribution in [-0.4, -0.2) is 5.97 Å². The number of hydrogen-bond donors (Lipinski definition) is 1. The van der Waals surface area contributed by atoms with Crippen molar-refractivity contribution < 1.29 is 15.6 Å². The summed E-state index contributed by atoms with van der Waals surface area (Å²) in [4.78, 5) is 9.97. The average molecular weight is 283 g/mol. The molecule has 3 N–H and O–H groups in total. The van der Waals surface area contributed by atoms with E-state index >= 15 is 0 Å². The van der Waals surface area contributed by atoms with Crippen molar-refractivity contribution in [1.29, 1.82) is 0 Å². The van der Waals surface area contributed by atoms with E-state index in [-0.39, 0.29) is 0 Å². The number of carboxylic acid groups (broad SMARTS) is 1. The van der Waals surface area contributed by atoms with Crippen LogP contribution in [0.5, 0.6) is 0 Å². The monoisotopic (exact) mass is 283 g/mol. The molecule has 0 atom stereocenters. The maximum Gasteiger partial charge on any atom is 0.127 e. The molecule has 2 aromatic rings. The van der Waals surface area contributed by atoms with E-state index in [1.165, 1.54) is 11.6 Å². The van der Waals surface area contributed by atoms with Crippen molar-refractivity contribution in [2.75, 3.05) is 0 Å². The Hall–Kier alpha value is -2.39. The zero-order valence-electron chi connectivity index (χ0n) is 12.5. The molecule has 0 aliphatic heterocycles. The summed E-state index contributed by atoms with van der Waals surface area (Å²) in [6, 6.07) is 17.6. The smallest absolute Gasteiger partial charge is 0.127 e. The lowest BCUT2D eigenvalue weighted by atomic mass is 10.0. The minimum Gasteiger partial charge on any atom is -0.545 e. The minimum absolute atomic E-state index is 0.626. The largest absolute Gasteiger partial charge is 0.545 e. The molecular formula is C18H21NO2. The van der Waals surface area contributed by atoms with Crippen LogP contribution in [0.1, 0.15) is 30.9 Å². The lowest BCUT2D eigenvalue weighted by molar-refractivity contribution is -0.297. The Morgan fingerprint density at radius 1 is 1.05 bits per heavy atom. The third kappa shape index (κ3) is 7.09. The molecule has 0 bridgehead atoms. The number of carbonyl (C=O) groups is 1. The lowest BCUT2D eigenvalue weighted by Gasteiger charge is -2.02. The average Bonchev–Trinajstić information content (AvgIpc) is 2.47. The number of aliphatic carboxylic acids is 1. The van der Waals surface area contributed by atoms with Gasteiger partial charge in [-0.05, 0) is 35.3 Å². The molecule has 110 valence electrons. The number of benzene rings is 2. The SMILES string of the molecule is CC(C)c1ccc([NH3+])cc1.O=C([O-])/C=C/c1ccccc1. The van der Waals surface area contributed by atoms with Crippen LogP contribution in [0.15, 0.2) is 60.7 Å². The van der Waals surface area contributed by atoms with Gasteiger partial charge in [0.1, 0.15) is 5.69 Å². The van der Waals surface area contributed by atoms with Gasteiger partial charge in [0.15, 0.2) is 0 Å². The van der Waals surface area contributed by atoms with Crippen LogP contribution in [0.25, 0.3) is 6.08 Å². The summed E-state index contributed by atoms with van der Waals surface area (Å²) in [6.45, 7) is 4.39. The first-order chi connectivity index (χ1) is 9.99. The van der Waals surface area contributed by atoms with Crippen molar-refractivity contribution in [3.8, 4) is 0 Å². The van der Waals surface area contributed by atoms with Gasteiger partial charge in [0, 0.05) is 0 Å². The fourth-order valence-electron chi connectivity index (χ4n) is 1.63. The second-order valence-electron chi connectivity index (χ2n) is 4.96. The number of rotatable bonds is 3. The third-order valence-corrected chi connectivity index (χ3v) is 2.86. The maximum absolute atomic E-state index is 9.97. The molecule has 0 heterocycles. The van der Waals surface area contributed by atoms with Gasteiger partial charge < -0.3 is 15.6 Å². The highest BCUT2D eigenvalue weighted by Gasteiger charge is 1.96. The molecule has 2 rings (SSSR count). The summed E-state index contributed by atoms with van der Waals surface area (Å²) in [7, 11) is 0. The van der Waals surface area contributed by atoms with Gasteiger partial charge >= 0.3 is 0 Å². The van der Waals surface area contributed by atoms with Crippen LogP contribution < -0.4 is 10.8 Å². The predicted molar refractivity (Wildman–Crippen MR) is 83.6 cm³/mol. The van der Waals surface area contributed by atoms with Gasteiger partial charge in [-0.3, -0.25) is 0 Å². The van der Waals surface area contributed by atoms with Crippen LogP contribution in [-0.2, 0) is 4.79 Å². The predicted octanol–water partition coefficient (Wildman–Crippen LogP) is 2.13. The highest BCUT2D eigenvalue weighted by Crippen LogP contribution is 2.14. The third-order valence-electron chi connectivity index (χ3n) is 2.86. The van der Waals surface area contributed by atoms with E-state index in [0.717, 1.165) is 17.3 Å². The van der Waals surface area contributed by atoms with Gasteiger partial charge in [0.2, 0.25) is 0 Å². The lowest BCUT2D eigenvalue weighted by Crippen LogP contribution is -2.39. The highest BCUT2D eigenvalue weighted by molar-refractivity contribution is 5.83. The van der Waals surface area contributed by atoms with Crippen molar-refractivity contribution in [3.63, 3.8) is 0 Å². The summed E-state index contributed by atoms with van der Waals surface area (Å²) in [5.41, 5.74) is 7.15. The van der Waals surface area contributed by atoms with Crippen LogP contribution in [0.4, 0.5) is 5.69 Å². The Balaban J connectivity index is 0.000000211. The van der Waals surface area contributed by atoms with Gasteiger partial charge in [-0.1, -0.05) is 62.4 Å². The van der Waals surface area contributed by atoms with Crippen molar-refractivity contribution in [3.05, 3.63) is 71.8 Å². The van der Waals surface area contributed by atoms with E-state index in [2.05, 4.69) is 43.8 Å². The molecule has 21 heavy (non-hydrogen) atoms. The zero-order chi connectivity index (χ0) is 15.7. The van der Waals surface area contributed by atoms with E-state index in [1.807, 2.05) is 30.3 Å². The van der Waals surface area contributed by atoms with E-state index in [1.54, 1.807) is 0 Å². The molecule has 0 radical (unpaired) electrons. The normalized spacial score (nSPS) is 10.3. The van der Waals surface area contributed by atoms with Crippen molar-refractivity contribution in [2.45, 2.75) is 19.8 Å². The van der Waals surface area contributed by atoms with E-state index in [9.17, 15) is 9.90 Å². The molecule has 3 heteroatoms. The standard InChI is InChI=1S/C9H13N.C9H8O2/c1-7(2)8-3-5-9(10)6-4-8;10-9(11)7-6-8-4-2-1-3-5-8/h3-7H,10H2,1-2H3;1-7H,(H,10,11)/b;7-6+. The quantitative estimate of drug-likeness (QED) is 0.877. The summed E-state index contributed by atoms with van der Waals surface area (Å²) < 4.78 is 0. The molecule has 0 aliphatic carbocycles. The molecule has 2 aromatic carbocycles. The van der Waals surface area contributed by atoms with Gasteiger partial charge in [-0.2, -0.15) is 0 Å². The van der Waals surface area contributed by atoms with Crippen molar-refractivity contribution in [1.82, 2.24) is 0 Å². The summed E-state index contributed by atoms with van der Waals surface area (Å²) >= 11 is 0. The molecular weight excluding hydrogens is 262 g/mol. The minimum atomic E-state index is -1.17. The Morgan fingerprint density at radius 2 is 1.62 bits per heavy atom. The first-order valence-electron chi connectivity index (χ1n) is 6.85. The summed E-state index contributed by atoms with van der Waals surface area (Å²) in [6.07, 6.45) is 2.50. The summed E-state index contributed by atoms with van der Waals surface area (Å²) in [5.74, 6) is -0.547. The molecule has 3 nitrogen and oxygen atoms in total. The van der Waals surface area contributed by atoms with Crippen molar-refractivity contribution in [2.24, 2.45) is 0 Å². The molecule has 0 aliphatic rings. The molecule has 0 saturated carbocycles. The van der Waals surface area contributed by atoms with Gasteiger partial charge in [0.25, 0.3) is 0 Å². The number of carboxylic acids is 1. The van der Waals surface area contributed by atoms with Crippen molar-refractivity contribution >= 4 is 17.7 Å². The zero-order valence-corrected chi connectivity index (χ0v) is 12.5. The van der Waals surface area contributed by atoms with Crippen LogP contribution in [0.3, 0.4) is 0 Å². The van der Waals surface area contributed by atoms with Crippen LogP contribution in [0.2, 0.25) is 0 Å². The summed E-state index contributed by atoms with van der Waals surface area (Å²) in [5, 5.41) is 9.97. The first kappa shape index (κ1) is 16.7. The molecule has 0 fully saturated rings. The highest BCUT2D eigenvalue weighted by atomic mass is 16.4. The second kappa shape index (κ2) is 8.72. The van der Waals surface area contributed by atoms with E-state index in [4.69, 9.17) is 0 Å². The molecule has 0 amide bonds.